The van der Waals surface area contributed by atoms with Crippen LogP contribution in [0.5, 0.6) is 0 Å². The van der Waals surface area contributed by atoms with E-state index in [1.807, 2.05) is 12.1 Å². The largest absolute Gasteiger partial charge is 0.366 e. The van der Waals surface area contributed by atoms with Crippen LogP contribution in [0.1, 0.15) is 53.4 Å². The standard InChI is InChI=1S/C17H21N3OS/c18-16(21)13-5-4-6-14-15(13)19-17(22-14)11-9-12(10-11)20-7-2-1-3-8-20/h4-6,11-12H,1-3,7-10H2,(H2,18,21). The predicted molar refractivity (Wildman–Crippen MR) is 89.3 cm³/mol. The van der Waals surface area contributed by atoms with E-state index in [9.17, 15) is 4.79 Å². The van der Waals surface area contributed by atoms with Gasteiger partial charge in [-0.25, -0.2) is 4.98 Å². The van der Waals surface area contributed by atoms with E-state index >= 15 is 0 Å². The Hall–Kier alpha value is -1.46. The monoisotopic (exact) mass is 315 g/mol. The molecule has 1 amide bonds. The van der Waals surface area contributed by atoms with Crippen LogP contribution in [-0.2, 0) is 0 Å². The molecule has 1 aromatic heterocycles. The van der Waals surface area contributed by atoms with Crippen molar-refractivity contribution in [1.29, 1.82) is 0 Å². The zero-order valence-electron chi connectivity index (χ0n) is 12.6. The quantitative estimate of drug-likeness (QED) is 0.946. The third-order valence-electron chi connectivity index (χ3n) is 5.07. The van der Waals surface area contributed by atoms with E-state index in [-0.39, 0.29) is 5.91 Å². The van der Waals surface area contributed by atoms with E-state index in [4.69, 9.17) is 10.7 Å². The van der Waals surface area contributed by atoms with Gasteiger partial charge in [-0.2, -0.15) is 0 Å². The fraction of sp³-hybridized carbons (Fsp3) is 0.529. The van der Waals surface area contributed by atoms with Crippen LogP contribution < -0.4 is 5.73 Å². The van der Waals surface area contributed by atoms with Gasteiger partial charge in [-0.15, -0.1) is 11.3 Å². The lowest BCUT2D eigenvalue weighted by Gasteiger charge is -2.43. The molecule has 2 N–H and O–H groups in total. The van der Waals surface area contributed by atoms with Gasteiger partial charge in [0.05, 0.1) is 20.8 Å². The lowest BCUT2D eigenvalue weighted by atomic mass is 9.79. The average Bonchev–Trinajstić information content (AvgIpc) is 2.89. The Labute approximate surface area is 134 Å². The summed E-state index contributed by atoms with van der Waals surface area (Å²) in [7, 11) is 0. The van der Waals surface area contributed by atoms with Crippen LogP contribution in [0.25, 0.3) is 10.2 Å². The SMILES string of the molecule is NC(=O)c1cccc2sc(C3CC(N4CCCCC4)C3)nc12. The molecule has 116 valence electrons. The molecule has 2 fully saturated rings. The first-order chi connectivity index (χ1) is 10.7. The average molecular weight is 315 g/mol. The molecule has 1 saturated carbocycles. The Morgan fingerprint density at radius 2 is 2.00 bits per heavy atom. The van der Waals surface area contributed by atoms with Gasteiger partial charge >= 0.3 is 0 Å². The van der Waals surface area contributed by atoms with Gasteiger partial charge in [0.15, 0.2) is 0 Å². The third kappa shape index (κ3) is 2.42. The van der Waals surface area contributed by atoms with Crippen molar-refractivity contribution in [1.82, 2.24) is 9.88 Å². The molecule has 5 heteroatoms. The summed E-state index contributed by atoms with van der Waals surface area (Å²) < 4.78 is 1.08. The molecule has 2 heterocycles. The molecule has 22 heavy (non-hydrogen) atoms. The number of para-hydroxylation sites is 1. The van der Waals surface area contributed by atoms with E-state index in [0.29, 0.717) is 11.5 Å². The summed E-state index contributed by atoms with van der Waals surface area (Å²) in [6.07, 6.45) is 6.52. The van der Waals surface area contributed by atoms with Crippen LogP contribution in [0.2, 0.25) is 0 Å². The maximum atomic E-state index is 11.5. The zero-order chi connectivity index (χ0) is 15.1. The van der Waals surface area contributed by atoms with Gasteiger partial charge in [0.1, 0.15) is 0 Å². The highest BCUT2D eigenvalue weighted by Gasteiger charge is 2.36. The van der Waals surface area contributed by atoms with Gasteiger partial charge in [0.2, 0.25) is 0 Å². The molecule has 1 aliphatic carbocycles. The van der Waals surface area contributed by atoms with E-state index in [1.54, 1.807) is 17.4 Å². The van der Waals surface area contributed by atoms with Crippen LogP contribution in [0, 0.1) is 0 Å². The number of nitrogens with two attached hydrogens (primary N) is 1. The summed E-state index contributed by atoms with van der Waals surface area (Å²) in [6, 6.07) is 6.43. The maximum absolute atomic E-state index is 11.5. The first-order valence-electron chi connectivity index (χ1n) is 8.15. The summed E-state index contributed by atoms with van der Waals surface area (Å²) in [4.78, 5) is 18.9. The van der Waals surface area contributed by atoms with Crippen LogP contribution in [0.15, 0.2) is 18.2 Å². The van der Waals surface area contributed by atoms with E-state index in [0.717, 1.165) is 16.3 Å². The molecule has 4 rings (SSSR count). The van der Waals surface area contributed by atoms with Gasteiger partial charge in [-0.3, -0.25) is 4.79 Å². The molecule has 0 spiro atoms. The van der Waals surface area contributed by atoms with Crippen LogP contribution >= 0.6 is 11.3 Å². The number of amides is 1. The molecule has 2 aromatic rings. The number of piperidine rings is 1. The highest BCUT2D eigenvalue weighted by atomic mass is 32.1. The number of rotatable bonds is 3. The number of hydrogen-bond acceptors (Lipinski definition) is 4. The number of fused-ring (bicyclic) bond motifs is 1. The first kappa shape index (κ1) is 14.2. The van der Waals surface area contributed by atoms with Crippen LogP contribution in [0.4, 0.5) is 0 Å². The molecule has 0 atom stereocenters. The number of carbonyl (C=O) groups excluding carboxylic acids is 1. The van der Waals surface area contributed by atoms with Crippen molar-refractivity contribution in [2.75, 3.05) is 13.1 Å². The normalized spacial score (nSPS) is 26.0. The number of benzene rings is 1. The van der Waals surface area contributed by atoms with Crippen LogP contribution in [-0.4, -0.2) is 34.9 Å². The molecule has 0 radical (unpaired) electrons. The summed E-state index contributed by atoms with van der Waals surface area (Å²) in [5, 5.41) is 1.18. The number of aromatic nitrogens is 1. The topological polar surface area (TPSA) is 59.2 Å². The molecule has 1 aliphatic heterocycles. The molecule has 1 saturated heterocycles. The molecular weight excluding hydrogens is 294 g/mol. The minimum Gasteiger partial charge on any atom is -0.366 e. The van der Waals surface area contributed by atoms with Crippen molar-refractivity contribution in [2.45, 2.75) is 44.1 Å². The molecule has 0 bridgehead atoms. The molecule has 1 aromatic carbocycles. The van der Waals surface area contributed by atoms with Gasteiger partial charge in [0, 0.05) is 12.0 Å². The van der Waals surface area contributed by atoms with E-state index in [2.05, 4.69) is 4.90 Å². The second-order valence-electron chi connectivity index (χ2n) is 6.49. The molecule has 2 aliphatic rings. The van der Waals surface area contributed by atoms with E-state index < -0.39 is 0 Å². The lowest BCUT2D eigenvalue weighted by Crippen LogP contribution is -2.46. The van der Waals surface area contributed by atoms with Crippen molar-refractivity contribution >= 4 is 27.5 Å². The Kier molecular flexibility index (Phi) is 3.62. The Balaban J connectivity index is 1.51. The summed E-state index contributed by atoms with van der Waals surface area (Å²) in [5.41, 5.74) is 6.79. The van der Waals surface area contributed by atoms with Gasteiger partial charge < -0.3 is 10.6 Å². The summed E-state index contributed by atoms with van der Waals surface area (Å²) in [6.45, 7) is 2.53. The second-order valence-corrected chi connectivity index (χ2v) is 7.55. The first-order valence-corrected chi connectivity index (χ1v) is 8.97. The summed E-state index contributed by atoms with van der Waals surface area (Å²) >= 11 is 1.72. The maximum Gasteiger partial charge on any atom is 0.250 e. The second kappa shape index (κ2) is 5.63. The van der Waals surface area contributed by atoms with Crippen molar-refractivity contribution in [3.63, 3.8) is 0 Å². The van der Waals surface area contributed by atoms with E-state index in [1.165, 1.54) is 50.2 Å². The number of nitrogens with zero attached hydrogens (tertiary/aromatic N) is 2. The van der Waals surface area contributed by atoms with Gasteiger partial charge in [-0.1, -0.05) is 12.5 Å². The van der Waals surface area contributed by atoms with Gasteiger partial charge in [-0.05, 0) is 50.9 Å². The Morgan fingerprint density at radius 3 is 2.73 bits per heavy atom. The van der Waals surface area contributed by atoms with Crippen LogP contribution in [0.3, 0.4) is 0 Å². The van der Waals surface area contributed by atoms with Gasteiger partial charge in [0.25, 0.3) is 5.91 Å². The Morgan fingerprint density at radius 1 is 1.23 bits per heavy atom. The number of thiazole rings is 1. The van der Waals surface area contributed by atoms with Crippen molar-refractivity contribution in [3.05, 3.63) is 28.8 Å². The Bertz CT molecular complexity index is 699. The minimum absolute atomic E-state index is 0.387. The third-order valence-corrected chi connectivity index (χ3v) is 6.25. The highest BCUT2D eigenvalue weighted by Crippen LogP contribution is 2.43. The number of likely N-dealkylation sites (tertiary alicyclic amines) is 1. The number of carbonyl (C=O) groups is 1. The zero-order valence-corrected chi connectivity index (χ0v) is 13.4. The lowest BCUT2D eigenvalue weighted by molar-refractivity contribution is 0.0888. The predicted octanol–water partition coefficient (Wildman–Crippen LogP) is 3.13. The molecular formula is C17H21N3OS. The van der Waals surface area contributed by atoms with Crippen molar-refractivity contribution in [2.24, 2.45) is 5.73 Å². The number of hydrogen-bond donors (Lipinski definition) is 1. The molecule has 4 nitrogen and oxygen atoms in total. The fourth-order valence-corrected chi connectivity index (χ4v) is 4.83. The van der Waals surface area contributed by atoms with Crippen molar-refractivity contribution < 1.29 is 4.79 Å². The highest BCUT2D eigenvalue weighted by molar-refractivity contribution is 7.18. The smallest absolute Gasteiger partial charge is 0.250 e. The number of primary amides is 1. The fourth-order valence-electron chi connectivity index (χ4n) is 3.71. The van der Waals surface area contributed by atoms with Crippen molar-refractivity contribution in [3.8, 4) is 0 Å². The summed E-state index contributed by atoms with van der Waals surface area (Å²) in [5.74, 6) is 0.173. The minimum atomic E-state index is -0.387. The molecule has 0 unspecified atom stereocenters.